The van der Waals surface area contributed by atoms with E-state index >= 15 is 0 Å². The predicted molar refractivity (Wildman–Crippen MR) is 84.4 cm³/mol. The molecule has 0 spiro atoms. The molecule has 1 unspecified atom stereocenters. The van der Waals surface area contributed by atoms with E-state index in [1.54, 1.807) is 11.8 Å². The zero-order chi connectivity index (χ0) is 14.7. The fourth-order valence-corrected chi connectivity index (χ4v) is 3.17. The van der Waals surface area contributed by atoms with Crippen LogP contribution in [0, 0.1) is 13.8 Å². The molecule has 0 bridgehead atoms. The molecule has 2 rings (SSSR count). The monoisotopic (exact) mass is 307 g/mol. The molecular formula is C15H18ClN3S. The van der Waals surface area contributed by atoms with Crippen molar-refractivity contribution in [3.05, 3.63) is 46.2 Å². The van der Waals surface area contributed by atoms with Gasteiger partial charge in [-0.1, -0.05) is 11.6 Å². The number of halogens is 1. The molecule has 1 heterocycles. The maximum atomic E-state index is 6.07. The number of hydrogen-bond donors (Lipinski definition) is 1. The SMILES string of the molecule is Cc1cc(C)nc(Sc2ccc(Cl)cc2CC(C)N)n1. The molecule has 0 saturated carbocycles. The van der Waals surface area contributed by atoms with Gasteiger partial charge < -0.3 is 5.73 Å². The molecule has 0 aliphatic rings. The molecule has 5 heteroatoms. The number of aryl methyl sites for hydroxylation is 2. The molecule has 2 N–H and O–H groups in total. The van der Waals surface area contributed by atoms with Gasteiger partial charge in [-0.25, -0.2) is 9.97 Å². The van der Waals surface area contributed by atoms with Crippen LogP contribution in [-0.2, 0) is 6.42 Å². The molecule has 2 aromatic rings. The summed E-state index contributed by atoms with van der Waals surface area (Å²) in [5.41, 5.74) is 8.99. The third-order valence-corrected chi connectivity index (χ3v) is 3.95. The molecule has 0 fully saturated rings. The molecule has 0 aliphatic carbocycles. The quantitative estimate of drug-likeness (QED) is 0.873. The van der Waals surface area contributed by atoms with Gasteiger partial charge in [-0.2, -0.15) is 0 Å². The van der Waals surface area contributed by atoms with Gasteiger partial charge in [0.15, 0.2) is 5.16 Å². The Morgan fingerprint density at radius 2 is 1.85 bits per heavy atom. The topological polar surface area (TPSA) is 51.8 Å². The molecule has 106 valence electrons. The summed E-state index contributed by atoms with van der Waals surface area (Å²) in [5, 5.41) is 1.49. The highest BCUT2D eigenvalue weighted by Gasteiger charge is 2.10. The summed E-state index contributed by atoms with van der Waals surface area (Å²) in [7, 11) is 0. The summed E-state index contributed by atoms with van der Waals surface area (Å²) in [5.74, 6) is 0. The minimum absolute atomic E-state index is 0.0907. The average Bonchev–Trinajstić information content (AvgIpc) is 2.30. The molecule has 0 radical (unpaired) electrons. The molecule has 1 aromatic carbocycles. The van der Waals surface area contributed by atoms with Crippen LogP contribution in [0.1, 0.15) is 23.9 Å². The third kappa shape index (κ3) is 4.20. The lowest BCUT2D eigenvalue weighted by atomic mass is 10.1. The van der Waals surface area contributed by atoms with Crippen LogP contribution in [-0.4, -0.2) is 16.0 Å². The largest absolute Gasteiger partial charge is 0.328 e. The summed E-state index contributed by atoms with van der Waals surface area (Å²) in [6.07, 6.45) is 0.785. The number of nitrogens with zero attached hydrogens (tertiary/aromatic N) is 2. The van der Waals surface area contributed by atoms with Crippen LogP contribution in [0.4, 0.5) is 0 Å². The summed E-state index contributed by atoms with van der Waals surface area (Å²) in [6.45, 7) is 5.94. The number of hydrogen-bond acceptors (Lipinski definition) is 4. The molecule has 0 amide bonds. The van der Waals surface area contributed by atoms with Crippen molar-refractivity contribution >= 4 is 23.4 Å². The van der Waals surface area contributed by atoms with E-state index in [0.717, 1.165) is 38.4 Å². The van der Waals surface area contributed by atoms with Gasteiger partial charge in [0.05, 0.1) is 0 Å². The van der Waals surface area contributed by atoms with Crippen LogP contribution in [0.3, 0.4) is 0 Å². The van der Waals surface area contributed by atoms with E-state index in [4.69, 9.17) is 17.3 Å². The lowest BCUT2D eigenvalue weighted by molar-refractivity contribution is 0.729. The van der Waals surface area contributed by atoms with Crippen molar-refractivity contribution in [1.82, 2.24) is 9.97 Å². The summed E-state index contributed by atoms with van der Waals surface area (Å²) in [4.78, 5) is 10.0. The average molecular weight is 308 g/mol. The van der Waals surface area contributed by atoms with Gasteiger partial charge in [-0.3, -0.25) is 0 Å². The highest BCUT2D eigenvalue weighted by molar-refractivity contribution is 7.99. The van der Waals surface area contributed by atoms with E-state index in [0.29, 0.717) is 0 Å². The van der Waals surface area contributed by atoms with E-state index < -0.39 is 0 Å². The second-order valence-electron chi connectivity index (χ2n) is 4.97. The molecule has 1 atom stereocenters. The minimum atomic E-state index is 0.0907. The van der Waals surface area contributed by atoms with Crippen LogP contribution in [0.2, 0.25) is 5.02 Å². The van der Waals surface area contributed by atoms with Crippen LogP contribution >= 0.6 is 23.4 Å². The highest BCUT2D eigenvalue weighted by Crippen LogP contribution is 2.31. The smallest absolute Gasteiger partial charge is 0.192 e. The molecule has 3 nitrogen and oxygen atoms in total. The molecule has 20 heavy (non-hydrogen) atoms. The number of nitrogens with two attached hydrogens (primary N) is 1. The maximum absolute atomic E-state index is 6.07. The fourth-order valence-electron chi connectivity index (χ4n) is 1.99. The Labute approximate surface area is 129 Å². The van der Waals surface area contributed by atoms with E-state index in [9.17, 15) is 0 Å². The van der Waals surface area contributed by atoms with Gasteiger partial charge in [0, 0.05) is 27.3 Å². The zero-order valence-electron chi connectivity index (χ0n) is 11.9. The summed E-state index contributed by atoms with van der Waals surface area (Å²) < 4.78 is 0. The van der Waals surface area contributed by atoms with E-state index in [1.165, 1.54) is 0 Å². The van der Waals surface area contributed by atoms with Gasteiger partial charge >= 0.3 is 0 Å². The van der Waals surface area contributed by atoms with E-state index in [1.807, 2.05) is 45.0 Å². The second-order valence-corrected chi connectivity index (χ2v) is 6.41. The van der Waals surface area contributed by atoms with Gasteiger partial charge in [0.1, 0.15) is 0 Å². The molecule has 0 saturated heterocycles. The Hall–Kier alpha value is -1.10. The summed E-state index contributed by atoms with van der Waals surface area (Å²) >= 11 is 7.63. The Balaban J connectivity index is 2.32. The Morgan fingerprint density at radius 1 is 1.20 bits per heavy atom. The summed E-state index contributed by atoms with van der Waals surface area (Å²) in [6, 6.07) is 7.92. The fraction of sp³-hybridized carbons (Fsp3) is 0.333. The van der Waals surface area contributed by atoms with Gasteiger partial charge in [-0.05, 0) is 68.8 Å². The number of aromatic nitrogens is 2. The van der Waals surface area contributed by atoms with Crippen molar-refractivity contribution in [2.75, 3.05) is 0 Å². The lowest BCUT2D eigenvalue weighted by Crippen LogP contribution is -2.18. The Bertz CT molecular complexity index is 594. The first-order chi connectivity index (χ1) is 9.44. The van der Waals surface area contributed by atoms with Crippen LogP contribution in [0.5, 0.6) is 0 Å². The minimum Gasteiger partial charge on any atom is -0.328 e. The first-order valence-corrected chi connectivity index (χ1v) is 7.67. The lowest BCUT2D eigenvalue weighted by Gasteiger charge is -2.11. The van der Waals surface area contributed by atoms with Crippen molar-refractivity contribution in [1.29, 1.82) is 0 Å². The van der Waals surface area contributed by atoms with E-state index in [2.05, 4.69) is 9.97 Å². The molecule has 0 aliphatic heterocycles. The Kier molecular flexibility index (Phi) is 5.02. The van der Waals surface area contributed by atoms with Crippen molar-refractivity contribution in [3.63, 3.8) is 0 Å². The Morgan fingerprint density at radius 3 is 2.45 bits per heavy atom. The van der Waals surface area contributed by atoms with Crippen LogP contribution in [0.15, 0.2) is 34.3 Å². The highest BCUT2D eigenvalue weighted by atomic mass is 35.5. The van der Waals surface area contributed by atoms with Crippen molar-refractivity contribution < 1.29 is 0 Å². The molecule has 1 aromatic heterocycles. The second kappa shape index (κ2) is 6.57. The van der Waals surface area contributed by atoms with E-state index in [-0.39, 0.29) is 6.04 Å². The maximum Gasteiger partial charge on any atom is 0.192 e. The number of benzene rings is 1. The normalized spacial score (nSPS) is 12.4. The molecular weight excluding hydrogens is 290 g/mol. The van der Waals surface area contributed by atoms with Gasteiger partial charge in [0.2, 0.25) is 0 Å². The first-order valence-electron chi connectivity index (χ1n) is 6.48. The zero-order valence-corrected chi connectivity index (χ0v) is 13.4. The third-order valence-electron chi connectivity index (χ3n) is 2.73. The standard InChI is InChI=1S/C15H18ClN3S/c1-9(17)6-12-8-13(16)4-5-14(12)20-15-18-10(2)7-11(3)19-15/h4-5,7-9H,6,17H2,1-3H3. The van der Waals surface area contributed by atoms with Crippen molar-refractivity contribution in [2.45, 2.75) is 43.3 Å². The van der Waals surface area contributed by atoms with Crippen LogP contribution in [0.25, 0.3) is 0 Å². The predicted octanol–water partition coefficient (Wildman–Crippen LogP) is 3.79. The number of rotatable bonds is 4. The van der Waals surface area contributed by atoms with Gasteiger partial charge in [0.25, 0.3) is 0 Å². The van der Waals surface area contributed by atoms with Crippen molar-refractivity contribution in [2.24, 2.45) is 5.73 Å². The first kappa shape index (κ1) is 15.3. The van der Waals surface area contributed by atoms with Crippen LogP contribution < -0.4 is 5.73 Å². The van der Waals surface area contributed by atoms with Crippen molar-refractivity contribution in [3.8, 4) is 0 Å². The van der Waals surface area contributed by atoms with Gasteiger partial charge in [-0.15, -0.1) is 0 Å².